The molecule has 6 nitrogen and oxygen atoms in total. The van der Waals surface area contributed by atoms with E-state index in [0.29, 0.717) is 13.2 Å². The van der Waals surface area contributed by atoms with Crippen molar-refractivity contribution in [2.24, 2.45) is 5.92 Å². The summed E-state index contributed by atoms with van der Waals surface area (Å²) in [5.74, 6) is 0.326. The lowest BCUT2D eigenvalue weighted by Crippen LogP contribution is -2.33. The van der Waals surface area contributed by atoms with Crippen molar-refractivity contribution in [3.8, 4) is 0 Å². The van der Waals surface area contributed by atoms with Gasteiger partial charge >= 0.3 is 5.69 Å². The maximum atomic E-state index is 11.4. The number of aromatic amines is 1. The highest BCUT2D eigenvalue weighted by Crippen LogP contribution is 2.02. The maximum Gasteiger partial charge on any atom is 0.329 e. The van der Waals surface area contributed by atoms with Crippen LogP contribution in [0.1, 0.15) is 6.92 Å². The molecule has 0 aromatic carbocycles. The van der Waals surface area contributed by atoms with Crippen molar-refractivity contribution in [2.45, 2.75) is 13.5 Å². The van der Waals surface area contributed by atoms with Crippen LogP contribution < -0.4 is 17.0 Å². The number of rotatable bonds is 4. The Labute approximate surface area is 86.7 Å². The maximum absolute atomic E-state index is 11.4. The molecule has 0 amide bonds. The zero-order valence-electron chi connectivity index (χ0n) is 8.82. The van der Waals surface area contributed by atoms with Gasteiger partial charge in [-0.15, -0.1) is 0 Å². The highest BCUT2D eigenvalue weighted by Gasteiger charge is 2.07. The third-order valence-corrected chi connectivity index (χ3v) is 2.01. The Morgan fingerprint density at radius 1 is 1.60 bits per heavy atom. The van der Waals surface area contributed by atoms with Gasteiger partial charge in [-0.1, -0.05) is 6.92 Å². The number of nitrogens with zero attached hydrogens (tertiary/aromatic N) is 1. The first-order valence-electron chi connectivity index (χ1n) is 4.63. The molecule has 0 aliphatic heterocycles. The Hall–Kier alpha value is -1.56. The predicted molar refractivity (Wildman–Crippen MR) is 56.8 cm³/mol. The number of anilines is 1. The first-order chi connectivity index (χ1) is 7.04. The minimum Gasteiger partial charge on any atom is -0.385 e. The second kappa shape index (κ2) is 4.79. The van der Waals surface area contributed by atoms with E-state index in [2.05, 4.69) is 4.98 Å². The third kappa shape index (κ3) is 2.95. The van der Waals surface area contributed by atoms with Crippen LogP contribution in [-0.4, -0.2) is 23.3 Å². The highest BCUT2D eigenvalue weighted by molar-refractivity contribution is 5.26. The van der Waals surface area contributed by atoms with Crippen molar-refractivity contribution >= 4 is 5.82 Å². The summed E-state index contributed by atoms with van der Waals surface area (Å²) >= 11 is 0. The van der Waals surface area contributed by atoms with Crippen LogP contribution in [-0.2, 0) is 11.3 Å². The average molecular weight is 213 g/mol. The van der Waals surface area contributed by atoms with E-state index in [1.165, 1.54) is 10.6 Å². The molecule has 0 aliphatic rings. The number of hydrogen-bond donors (Lipinski definition) is 2. The number of H-pyrrole nitrogens is 1. The molecule has 1 rings (SSSR count). The summed E-state index contributed by atoms with van der Waals surface area (Å²) in [6.45, 7) is 2.89. The molecular weight excluding hydrogens is 198 g/mol. The summed E-state index contributed by atoms with van der Waals surface area (Å²) < 4.78 is 6.28. The van der Waals surface area contributed by atoms with Crippen molar-refractivity contribution in [3.05, 3.63) is 26.9 Å². The van der Waals surface area contributed by atoms with Crippen LogP contribution in [0.25, 0.3) is 0 Å². The summed E-state index contributed by atoms with van der Waals surface area (Å²) in [7, 11) is 1.59. The van der Waals surface area contributed by atoms with Gasteiger partial charge in [0.05, 0.1) is 6.61 Å². The normalized spacial score (nSPS) is 12.7. The van der Waals surface area contributed by atoms with Crippen LogP contribution in [0.5, 0.6) is 0 Å². The van der Waals surface area contributed by atoms with Crippen LogP contribution in [0.4, 0.5) is 5.82 Å². The number of aromatic nitrogens is 2. The van der Waals surface area contributed by atoms with E-state index in [-0.39, 0.29) is 11.7 Å². The zero-order chi connectivity index (χ0) is 11.4. The number of nitrogens with one attached hydrogen (secondary N) is 1. The molecule has 1 aromatic rings. The average Bonchev–Trinajstić information content (AvgIpc) is 2.11. The van der Waals surface area contributed by atoms with Gasteiger partial charge in [-0.25, -0.2) is 4.79 Å². The Kier molecular flexibility index (Phi) is 3.68. The molecule has 6 heteroatoms. The number of nitrogen functional groups attached to an aromatic ring is 1. The van der Waals surface area contributed by atoms with Gasteiger partial charge in [0.25, 0.3) is 5.56 Å². The second-order valence-corrected chi connectivity index (χ2v) is 3.53. The molecule has 0 fully saturated rings. The lowest BCUT2D eigenvalue weighted by molar-refractivity contribution is 0.151. The minimum atomic E-state index is -0.483. The monoisotopic (exact) mass is 213 g/mol. The van der Waals surface area contributed by atoms with Crippen LogP contribution in [0, 0.1) is 5.92 Å². The molecule has 3 N–H and O–H groups in total. The molecule has 15 heavy (non-hydrogen) atoms. The van der Waals surface area contributed by atoms with Crippen LogP contribution >= 0.6 is 0 Å². The van der Waals surface area contributed by atoms with Crippen molar-refractivity contribution in [1.29, 1.82) is 0 Å². The van der Waals surface area contributed by atoms with Crippen LogP contribution in [0.2, 0.25) is 0 Å². The van der Waals surface area contributed by atoms with Gasteiger partial charge in [0.15, 0.2) is 0 Å². The summed E-state index contributed by atoms with van der Waals surface area (Å²) in [5.41, 5.74) is 4.61. The first-order valence-corrected chi connectivity index (χ1v) is 4.63. The van der Waals surface area contributed by atoms with Crippen molar-refractivity contribution in [2.75, 3.05) is 19.5 Å². The second-order valence-electron chi connectivity index (χ2n) is 3.53. The molecular formula is C9H15N3O3. The van der Waals surface area contributed by atoms with E-state index >= 15 is 0 Å². The molecule has 0 saturated heterocycles. The van der Waals surface area contributed by atoms with E-state index in [4.69, 9.17) is 10.5 Å². The fourth-order valence-corrected chi connectivity index (χ4v) is 1.38. The van der Waals surface area contributed by atoms with Gasteiger partial charge in [0.1, 0.15) is 5.82 Å². The summed E-state index contributed by atoms with van der Waals surface area (Å²) in [6, 6.07) is 1.20. The van der Waals surface area contributed by atoms with E-state index in [1.54, 1.807) is 7.11 Å². The third-order valence-electron chi connectivity index (χ3n) is 2.01. The molecule has 1 heterocycles. The van der Waals surface area contributed by atoms with Gasteiger partial charge in [-0.2, -0.15) is 0 Å². The van der Waals surface area contributed by atoms with Gasteiger partial charge < -0.3 is 10.5 Å². The quantitative estimate of drug-likeness (QED) is 0.699. The van der Waals surface area contributed by atoms with Gasteiger partial charge in [-0.3, -0.25) is 14.3 Å². The number of methoxy groups -OCH3 is 1. The fourth-order valence-electron chi connectivity index (χ4n) is 1.38. The minimum absolute atomic E-state index is 0.154. The molecule has 0 aliphatic carbocycles. The number of nitrogens with two attached hydrogens (primary N) is 1. The van der Waals surface area contributed by atoms with E-state index in [0.717, 1.165) is 0 Å². The number of hydrogen-bond acceptors (Lipinski definition) is 4. The topological polar surface area (TPSA) is 90.1 Å². The van der Waals surface area contributed by atoms with E-state index in [9.17, 15) is 9.59 Å². The van der Waals surface area contributed by atoms with Gasteiger partial charge in [-0.05, 0) is 5.92 Å². The van der Waals surface area contributed by atoms with E-state index in [1.807, 2.05) is 6.92 Å². The Bertz CT molecular complexity index is 435. The molecule has 0 saturated carbocycles. The molecule has 0 bridgehead atoms. The van der Waals surface area contributed by atoms with Crippen molar-refractivity contribution < 1.29 is 4.74 Å². The lowest BCUT2D eigenvalue weighted by atomic mass is 10.2. The molecule has 0 spiro atoms. The molecule has 1 unspecified atom stereocenters. The smallest absolute Gasteiger partial charge is 0.329 e. The van der Waals surface area contributed by atoms with Crippen molar-refractivity contribution in [1.82, 2.24) is 9.55 Å². The summed E-state index contributed by atoms with van der Waals surface area (Å²) in [6.07, 6.45) is 0. The van der Waals surface area contributed by atoms with E-state index < -0.39 is 11.2 Å². The summed E-state index contributed by atoms with van der Waals surface area (Å²) in [5, 5.41) is 0. The molecule has 1 aromatic heterocycles. The first kappa shape index (κ1) is 11.5. The highest BCUT2D eigenvalue weighted by atomic mass is 16.5. The Balaban J connectivity index is 2.95. The van der Waals surface area contributed by atoms with Gasteiger partial charge in [0, 0.05) is 19.7 Å². The zero-order valence-corrected chi connectivity index (χ0v) is 8.82. The molecule has 1 atom stereocenters. The van der Waals surface area contributed by atoms with Crippen LogP contribution in [0.15, 0.2) is 15.7 Å². The fraction of sp³-hybridized carbons (Fsp3) is 0.556. The summed E-state index contributed by atoms with van der Waals surface area (Å²) in [4.78, 5) is 24.4. The van der Waals surface area contributed by atoms with Crippen LogP contribution in [0.3, 0.4) is 0 Å². The van der Waals surface area contributed by atoms with Crippen molar-refractivity contribution in [3.63, 3.8) is 0 Å². The Morgan fingerprint density at radius 3 is 2.80 bits per heavy atom. The number of ether oxygens (including phenoxy) is 1. The lowest BCUT2D eigenvalue weighted by Gasteiger charge is -2.13. The standard InChI is InChI=1S/C9H15N3O3/c1-6(5-15-2)4-12-7(10)3-8(13)11-9(12)14/h3,6H,4-5,10H2,1-2H3,(H,11,13,14). The Morgan fingerprint density at radius 2 is 2.27 bits per heavy atom. The molecule has 0 radical (unpaired) electrons. The largest absolute Gasteiger partial charge is 0.385 e. The SMILES string of the molecule is COCC(C)Cn1c(N)cc(=O)[nH]c1=O. The molecule has 84 valence electrons. The van der Waals surface area contributed by atoms with Gasteiger partial charge in [0.2, 0.25) is 0 Å². The predicted octanol–water partition coefficient (Wildman–Crippen LogP) is -0.599.